The van der Waals surface area contributed by atoms with Crippen LogP contribution in [0.2, 0.25) is 0 Å². The maximum atomic E-state index is 13.0. The number of carbonyl (C=O) groups is 1. The molecule has 0 spiro atoms. The van der Waals surface area contributed by atoms with Crippen molar-refractivity contribution in [2.45, 2.75) is 40.0 Å². The third kappa shape index (κ3) is 2.70. The minimum absolute atomic E-state index is 0.0285. The highest BCUT2D eigenvalue weighted by Crippen LogP contribution is 2.62. The van der Waals surface area contributed by atoms with Crippen molar-refractivity contribution in [2.75, 3.05) is 37.7 Å². The molecule has 136 valence electrons. The van der Waals surface area contributed by atoms with Crippen LogP contribution in [0.1, 0.15) is 37.8 Å². The average molecular weight is 342 g/mol. The van der Waals surface area contributed by atoms with E-state index in [1.54, 1.807) is 0 Å². The standard InChI is InChI=1S/C21H30N2O2/c1-15-6-7-17-16(9-15)5-4-8-23(17)19(25)11-22-10-18-20(2,3)12-21(18,13-22)14-24/h6-7,9,18,24H,4-5,8,10-14H2,1-3H3/t18-,21-/m1/s1. The molecule has 25 heavy (non-hydrogen) atoms. The number of anilines is 1. The predicted molar refractivity (Wildman–Crippen MR) is 99.7 cm³/mol. The van der Waals surface area contributed by atoms with Gasteiger partial charge in [0.1, 0.15) is 0 Å². The summed E-state index contributed by atoms with van der Waals surface area (Å²) in [5.74, 6) is 0.714. The number of aliphatic hydroxyl groups excluding tert-OH is 1. The first-order valence-corrected chi connectivity index (χ1v) is 9.58. The summed E-state index contributed by atoms with van der Waals surface area (Å²) in [6.45, 7) is 10.0. The third-order valence-corrected chi connectivity index (χ3v) is 6.80. The Labute approximate surface area is 150 Å². The minimum atomic E-state index is 0.0285. The third-order valence-electron chi connectivity index (χ3n) is 6.80. The van der Waals surface area contributed by atoms with Crippen LogP contribution in [-0.2, 0) is 11.2 Å². The molecule has 4 rings (SSSR count). The second-order valence-corrected chi connectivity index (χ2v) is 9.19. The molecule has 2 fully saturated rings. The Morgan fingerprint density at radius 1 is 1.36 bits per heavy atom. The van der Waals surface area contributed by atoms with E-state index in [-0.39, 0.29) is 23.3 Å². The van der Waals surface area contributed by atoms with E-state index >= 15 is 0 Å². The van der Waals surface area contributed by atoms with Gasteiger partial charge in [-0.2, -0.15) is 0 Å². The van der Waals surface area contributed by atoms with Gasteiger partial charge in [0.2, 0.25) is 5.91 Å². The van der Waals surface area contributed by atoms with E-state index in [9.17, 15) is 9.90 Å². The summed E-state index contributed by atoms with van der Waals surface area (Å²) < 4.78 is 0. The van der Waals surface area contributed by atoms with Crippen LogP contribution in [0.5, 0.6) is 0 Å². The number of fused-ring (bicyclic) bond motifs is 2. The average Bonchev–Trinajstić information content (AvgIpc) is 2.88. The quantitative estimate of drug-likeness (QED) is 0.918. The van der Waals surface area contributed by atoms with Crippen molar-refractivity contribution >= 4 is 11.6 Å². The fraction of sp³-hybridized carbons (Fsp3) is 0.667. The molecule has 4 nitrogen and oxygen atoms in total. The molecule has 1 aliphatic carbocycles. The highest BCUT2D eigenvalue weighted by atomic mass is 16.3. The predicted octanol–water partition coefficient (Wildman–Crippen LogP) is 2.61. The first-order chi connectivity index (χ1) is 11.8. The van der Waals surface area contributed by atoms with Gasteiger partial charge >= 0.3 is 0 Å². The molecule has 0 unspecified atom stereocenters. The van der Waals surface area contributed by atoms with Crippen LogP contribution in [0.15, 0.2) is 18.2 Å². The van der Waals surface area contributed by atoms with Crippen LogP contribution in [0.25, 0.3) is 0 Å². The molecule has 1 saturated carbocycles. The van der Waals surface area contributed by atoms with Gasteiger partial charge in [0.25, 0.3) is 0 Å². The number of likely N-dealkylation sites (tertiary alicyclic amines) is 1. The monoisotopic (exact) mass is 342 g/mol. The molecule has 3 aliphatic rings. The Balaban J connectivity index is 1.47. The van der Waals surface area contributed by atoms with E-state index in [4.69, 9.17) is 0 Å². The first-order valence-electron chi connectivity index (χ1n) is 9.58. The number of benzene rings is 1. The van der Waals surface area contributed by atoms with Gasteiger partial charge in [0, 0.05) is 30.7 Å². The maximum Gasteiger partial charge on any atom is 0.241 e. The molecule has 1 saturated heterocycles. The topological polar surface area (TPSA) is 43.8 Å². The lowest BCUT2D eigenvalue weighted by molar-refractivity contribution is -0.119. The molecule has 2 aliphatic heterocycles. The number of carbonyl (C=O) groups excluding carboxylic acids is 1. The van der Waals surface area contributed by atoms with Crippen LogP contribution < -0.4 is 4.90 Å². The van der Waals surface area contributed by atoms with Crippen molar-refractivity contribution in [3.8, 4) is 0 Å². The van der Waals surface area contributed by atoms with Crippen molar-refractivity contribution in [3.05, 3.63) is 29.3 Å². The van der Waals surface area contributed by atoms with Gasteiger partial charge in [-0.3, -0.25) is 9.69 Å². The van der Waals surface area contributed by atoms with Crippen molar-refractivity contribution in [3.63, 3.8) is 0 Å². The smallest absolute Gasteiger partial charge is 0.241 e. The second kappa shape index (κ2) is 5.82. The Morgan fingerprint density at radius 2 is 2.16 bits per heavy atom. The summed E-state index contributed by atoms with van der Waals surface area (Å²) in [4.78, 5) is 17.3. The molecule has 1 amide bonds. The molecule has 0 aromatic heterocycles. The van der Waals surface area contributed by atoms with Gasteiger partial charge in [0.05, 0.1) is 13.2 Å². The number of amides is 1. The zero-order valence-corrected chi connectivity index (χ0v) is 15.7. The molecule has 0 bridgehead atoms. The van der Waals surface area contributed by atoms with E-state index in [0.717, 1.165) is 44.6 Å². The van der Waals surface area contributed by atoms with Crippen molar-refractivity contribution in [1.82, 2.24) is 4.90 Å². The van der Waals surface area contributed by atoms with E-state index in [2.05, 4.69) is 43.9 Å². The van der Waals surface area contributed by atoms with Crippen LogP contribution in [0.4, 0.5) is 5.69 Å². The van der Waals surface area contributed by atoms with E-state index in [0.29, 0.717) is 12.5 Å². The van der Waals surface area contributed by atoms with Crippen molar-refractivity contribution < 1.29 is 9.90 Å². The highest BCUT2D eigenvalue weighted by Gasteiger charge is 2.62. The van der Waals surface area contributed by atoms with E-state index in [1.165, 1.54) is 11.1 Å². The molecule has 1 aromatic carbocycles. The van der Waals surface area contributed by atoms with Crippen molar-refractivity contribution in [1.29, 1.82) is 0 Å². The van der Waals surface area contributed by atoms with E-state index in [1.807, 2.05) is 4.90 Å². The Morgan fingerprint density at radius 3 is 2.84 bits per heavy atom. The lowest BCUT2D eigenvalue weighted by Gasteiger charge is -2.56. The number of aliphatic hydroxyl groups is 1. The Hall–Kier alpha value is -1.39. The molecule has 2 atom stereocenters. The van der Waals surface area contributed by atoms with Crippen LogP contribution >= 0.6 is 0 Å². The van der Waals surface area contributed by atoms with Gasteiger partial charge in [-0.15, -0.1) is 0 Å². The largest absolute Gasteiger partial charge is 0.396 e. The zero-order valence-electron chi connectivity index (χ0n) is 15.7. The summed E-state index contributed by atoms with van der Waals surface area (Å²) in [6, 6.07) is 6.42. The van der Waals surface area contributed by atoms with E-state index < -0.39 is 0 Å². The highest BCUT2D eigenvalue weighted by molar-refractivity contribution is 5.96. The molecule has 1 aromatic rings. The number of aryl methyl sites for hydroxylation is 2. The van der Waals surface area contributed by atoms with Gasteiger partial charge in [-0.25, -0.2) is 0 Å². The van der Waals surface area contributed by atoms with Crippen LogP contribution in [0.3, 0.4) is 0 Å². The maximum absolute atomic E-state index is 13.0. The van der Waals surface area contributed by atoms with Gasteiger partial charge in [-0.05, 0) is 49.1 Å². The SMILES string of the molecule is Cc1ccc2c(c1)CCCN2C(=O)CN1C[C@@H]2C(C)(C)C[C@]2(CO)C1. The Kier molecular flexibility index (Phi) is 3.97. The molecular formula is C21H30N2O2. The normalized spacial score (nSPS) is 30.6. The fourth-order valence-corrected chi connectivity index (χ4v) is 5.82. The van der Waals surface area contributed by atoms with Crippen LogP contribution in [-0.4, -0.2) is 48.7 Å². The lowest BCUT2D eigenvalue weighted by Crippen LogP contribution is -2.54. The summed E-state index contributed by atoms with van der Waals surface area (Å²) in [5.41, 5.74) is 3.97. The lowest BCUT2D eigenvalue weighted by atomic mass is 9.48. The minimum Gasteiger partial charge on any atom is -0.396 e. The van der Waals surface area contributed by atoms with Gasteiger partial charge < -0.3 is 10.0 Å². The van der Waals surface area contributed by atoms with Crippen LogP contribution in [0, 0.1) is 23.7 Å². The molecule has 2 heterocycles. The second-order valence-electron chi connectivity index (χ2n) is 9.19. The molecular weight excluding hydrogens is 312 g/mol. The summed E-state index contributed by atoms with van der Waals surface area (Å²) in [5, 5.41) is 9.91. The molecule has 0 radical (unpaired) electrons. The number of nitrogens with zero attached hydrogens (tertiary/aromatic N) is 2. The summed E-state index contributed by atoms with van der Waals surface area (Å²) in [7, 11) is 0. The number of hydrogen-bond acceptors (Lipinski definition) is 3. The molecule has 4 heteroatoms. The number of rotatable bonds is 3. The molecule has 1 N–H and O–H groups in total. The number of hydrogen-bond donors (Lipinski definition) is 1. The Bertz CT molecular complexity index is 699. The van der Waals surface area contributed by atoms with Gasteiger partial charge in [-0.1, -0.05) is 31.5 Å². The van der Waals surface area contributed by atoms with Crippen molar-refractivity contribution in [2.24, 2.45) is 16.7 Å². The summed E-state index contributed by atoms with van der Waals surface area (Å²) in [6.07, 6.45) is 3.17. The summed E-state index contributed by atoms with van der Waals surface area (Å²) >= 11 is 0. The first kappa shape index (κ1) is 17.0. The zero-order chi connectivity index (χ0) is 17.8. The fourth-order valence-electron chi connectivity index (χ4n) is 5.82. The van der Waals surface area contributed by atoms with Gasteiger partial charge in [0.15, 0.2) is 0 Å².